The van der Waals surface area contributed by atoms with Crippen molar-refractivity contribution in [1.29, 1.82) is 0 Å². The lowest BCUT2D eigenvalue weighted by atomic mass is 10.1. The molecule has 2 heterocycles. The van der Waals surface area contributed by atoms with Gasteiger partial charge in [-0.2, -0.15) is 5.10 Å². The van der Waals surface area contributed by atoms with Crippen LogP contribution in [0.25, 0.3) is 10.9 Å². The zero-order chi connectivity index (χ0) is 18.5. The number of halogens is 1. The van der Waals surface area contributed by atoms with Crippen molar-refractivity contribution in [3.63, 3.8) is 0 Å². The predicted molar refractivity (Wildman–Crippen MR) is 105 cm³/mol. The Morgan fingerprint density at radius 1 is 1.42 bits per heavy atom. The van der Waals surface area contributed by atoms with E-state index in [4.69, 9.17) is 16.6 Å². The third-order valence-electron chi connectivity index (χ3n) is 4.25. The first-order valence-corrected chi connectivity index (χ1v) is 9.04. The van der Waals surface area contributed by atoms with Gasteiger partial charge in [0.15, 0.2) is 5.96 Å². The molecule has 0 spiro atoms. The summed E-state index contributed by atoms with van der Waals surface area (Å²) in [5.74, 6) is 1.75. The Kier molecular flexibility index (Phi) is 5.78. The van der Waals surface area contributed by atoms with Gasteiger partial charge in [0.1, 0.15) is 12.2 Å². The van der Waals surface area contributed by atoms with Crippen LogP contribution >= 0.6 is 11.6 Å². The number of aliphatic imine (C=N–C) groups is 1. The molecule has 0 atom stereocenters. The van der Waals surface area contributed by atoms with Gasteiger partial charge in [0.2, 0.25) is 0 Å². The molecule has 0 aliphatic carbocycles. The lowest BCUT2D eigenvalue weighted by Crippen LogP contribution is -2.39. The summed E-state index contributed by atoms with van der Waals surface area (Å²) >= 11 is 6.12. The van der Waals surface area contributed by atoms with E-state index in [0.717, 1.165) is 40.7 Å². The van der Waals surface area contributed by atoms with Crippen molar-refractivity contribution >= 4 is 28.5 Å². The molecule has 1 aromatic carbocycles. The standard InChI is InChI=1S/C18H24ClN7/c1-4-20-18(25(2)11-17-23-12-24-26(17)3)21-8-7-13-10-22-16-6-5-14(19)9-15(13)16/h5-6,9-10,12,22H,4,7-8,11H2,1-3H3,(H,20,21). The first kappa shape index (κ1) is 18.3. The van der Waals surface area contributed by atoms with Crippen LogP contribution < -0.4 is 5.32 Å². The molecule has 0 amide bonds. The maximum atomic E-state index is 6.12. The molecule has 0 radical (unpaired) electrons. The summed E-state index contributed by atoms with van der Waals surface area (Å²) in [5.41, 5.74) is 2.32. The van der Waals surface area contributed by atoms with Crippen LogP contribution in [0.1, 0.15) is 18.3 Å². The van der Waals surface area contributed by atoms with Gasteiger partial charge in [0.25, 0.3) is 0 Å². The van der Waals surface area contributed by atoms with E-state index < -0.39 is 0 Å². The number of fused-ring (bicyclic) bond motifs is 1. The van der Waals surface area contributed by atoms with E-state index in [9.17, 15) is 0 Å². The predicted octanol–water partition coefficient (Wildman–Crippen LogP) is 2.59. The average molecular weight is 374 g/mol. The van der Waals surface area contributed by atoms with Crippen LogP contribution in [-0.4, -0.2) is 50.7 Å². The summed E-state index contributed by atoms with van der Waals surface area (Å²) in [4.78, 5) is 14.4. The average Bonchev–Trinajstić information content (AvgIpc) is 3.20. The van der Waals surface area contributed by atoms with Gasteiger partial charge < -0.3 is 15.2 Å². The molecule has 0 bridgehead atoms. The summed E-state index contributed by atoms with van der Waals surface area (Å²) in [6, 6.07) is 5.90. The van der Waals surface area contributed by atoms with Gasteiger partial charge in [-0.15, -0.1) is 0 Å². The summed E-state index contributed by atoms with van der Waals surface area (Å²) in [5, 5.41) is 9.35. The number of aryl methyl sites for hydroxylation is 1. The Hall–Kier alpha value is -2.54. The highest BCUT2D eigenvalue weighted by molar-refractivity contribution is 6.31. The van der Waals surface area contributed by atoms with Crippen LogP contribution in [0, 0.1) is 0 Å². The van der Waals surface area contributed by atoms with E-state index in [1.165, 1.54) is 5.56 Å². The van der Waals surface area contributed by atoms with Gasteiger partial charge in [-0.3, -0.25) is 9.67 Å². The number of rotatable bonds is 6. The molecule has 0 fully saturated rings. The summed E-state index contributed by atoms with van der Waals surface area (Å²) in [6.45, 7) is 4.20. The van der Waals surface area contributed by atoms with Gasteiger partial charge in [0, 0.05) is 49.3 Å². The highest BCUT2D eigenvalue weighted by Gasteiger charge is 2.10. The third-order valence-corrected chi connectivity index (χ3v) is 4.49. The molecule has 2 aromatic heterocycles. The Morgan fingerprint density at radius 3 is 3.00 bits per heavy atom. The van der Waals surface area contributed by atoms with Crippen molar-refractivity contribution in [2.45, 2.75) is 19.9 Å². The summed E-state index contributed by atoms with van der Waals surface area (Å²) in [6.07, 6.45) is 4.44. The van der Waals surface area contributed by atoms with Gasteiger partial charge in [-0.05, 0) is 37.1 Å². The molecule has 3 rings (SSSR count). The monoisotopic (exact) mass is 373 g/mol. The van der Waals surface area contributed by atoms with Crippen molar-refractivity contribution in [3.8, 4) is 0 Å². The van der Waals surface area contributed by atoms with Gasteiger partial charge in [0.05, 0.1) is 6.54 Å². The van der Waals surface area contributed by atoms with Crippen LogP contribution in [0.2, 0.25) is 5.02 Å². The summed E-state index contributed by atoms with van der Waals surface area (Å²) < 4.78 is 1.77. The highest BCUT2D eigenvalue weighted by Crippen LogP contribution is 2.22. The van der Waals surface area contributed by atoms with Crippen LogP contribution in [0.3, 0.4) is 0 Å². The van der Waals surface area contributed by atoms with Crippen LogP contribution in [0.15, 0.2) is 35.7 Å². The Balaban J connectivity index is 1.68. The topological polar surface area (TPSA) is 74.1 Å². The lowest BCUT2D eigenvalue weighted by Gasteiger charge is -2.21. The van der Waals surface area contributed by atoms with Gasteiger partial charge in [-0.1, -0.05) is 11.6 Å². The minimum absolute atomic E-state index is 0.644. The second-order valence-corrected chi connectivity index (χ2v) is 6.58. The van der Waals surface area contributed by atoms with Crippen molar-refractivity contribution < 1.29 is 0 Å². The normalized spacial score (nSPS) is 11.9. The molecule has 0 unspecified atom stereocenters. The molecular formula is C18H24ClN7. The van der Waals surface area contributed by atoms with Gasteiger partial charge in [-0.25, -0.2) is 4.98 Å². The fourth-order valence-corrected chi connectivity index (χ4v) is 3.03. The molecule has 0 saturated heterocycles. The molecule has 7 nitrogen and oxygen atoms in total. The molecule has 8 heteroatoms. The number of aromatic amines is 1. The van der Waals surface area contributed by atoms with E-state index in [1.807, 2.05) is 38.5 Å². The number of hydrogen-bond donors (Lipinski definition) is 2. The smallest absolute Gasteiger partial charge is 0.194 e. The zero-order valence-corrected chi connectivity index (χ0v) is 16.1. The molecule has 0 aliphatic heterocycles. The number of hydrogen-bond acceptors (Lipinski definition) is 3. The number of nitrogens with one attached hydrogen (secondary N) is 2. The number of guanidine groups is 1. The Bertz CT molecular complexity index is 896. The maximum Gasteiger partial charge on any atom is 0.194 e. The fourth-order valence-electron chi connectivity index (χ4n) is 2.86. The number of benzene rings is 1. The fraction of sp³-hybridized carbons (Fsp3) is 0.389. The zero-order valence-electron chi connectivity index (χ0n) is 15.3. The molecule has 3 aromatic rings. The third kappa shape index (κ3) is 4.16. The number of H-pyrrole nitrogens is 1. The highest BCUT2D eigenvalue weighted by atomic mass is 35.5. The molecule has 26 heavy (non-hydrogen) atoms. The van der Waals surface area contributed by atoms with E-state index in [1.54, 1.807) is 11.0 Å². The van der Waals surface area contributed by atoms with E-state index in [-0.39, 0.29) is 0 Å². The summed E-state index contributed by atoms with van der Waals surface area (Å²) in [7, 11) is 3.89. The maximum absolute atomic E-state index is 6.12. The van der Waals surface area contributed by atoms with Crippen molar-refractivity contribution in [3.05, 3.63) is 47.1 Å². The first-order chi connectivity index (χ1) is 12.6. The van der Waals surface area contributed by atoms with Crippen LogP contribution in [0.4, 0.5) is 0 Å². The quantitative estimate of drug-likeness (QED) is 0.514. The molecule has 0 saturated carbocycles. The molecule has 2 N–H and O–H groups in total. The molecular weight excluding hydrogens is 350 g/mol. The van der Waals surface area contributed by atoms with Crippen LogP contribution in [0.5, 0.6) is 0 Å². The van der Waals surface area contributed by atoms with Gasteiger partial charge >= 0.3 is 0 Å². The van der Waals surface area contributed by atoms with E-state index in [2.05, 4.69) is 32.2 Å². The largest absolute Gasteiger partial charge is 0.361 e. The Morgan fingerprint density at radius 2 is 2.27 bits per heavy atom. The molecule has 138 valence electrons. The van der Waals surface area contributed by atoms with Crippen molar-refractivity contribution in [2.75, 3.05) is 20.1 Å². The SMILES string of the molecule is CCNC(=NCCc1c[nH]c2ccc(Cl)cc12)N(C)Cc1ncnn1C. The molecule has 0 aliphatic rings. The second-order valence-electron chi connectivity index (χ2n) is 6.15. The number of nitrogens with zero attached hydrogens (tertiary/aromatic N) is 5. The number of aromatic nitrogens is 4. The second kappa shape index (κ2) is 8.23. The van der Waals surface area contributed by atoms with E-state index >= 15 is 0 Å². The van der Waals surface area contributed by atoms with E-state index in [0.29, 0.717) is 13.1 Å². The first-order valence-electron chi connectivity index (χ1n) is 8.66. The minimum atomic E-state index is 0.644. The van der Waals surface area contributed by atoms with Crippen molar-refractivity contribution in [2.24, 2.45) is 12.0 Å². The van der Waals surface area contributed by atoms with Crippen molar-refractivity contribution in [1.82, 2.24) is 30.0 Å². The lowest BCUT2D eigenvalue weighted by molar-refractivity contribution is 0.449. The minimum Gasteiger partial charge on any atom is -0.361 e. The van der Waals surface area contributed by atoms with Crippen LogP contribution in [-0.2, 0) is 20.0 Å². The Labute approximate surface area is 158 Å².